The van der Waals surface area contributed by atoms with Crippen molar-refractivity contribution in [2.24, 2.45) is 0 Å². The molecule has 1 aliphatic rings. The molecule has 1 fully saturated rings. The van der Waals surface area contributed by atoms with E-state index in [-0.39, 0.29) is 11.9 Å². The average molecular weight is 309 g/mol. The molecule has 18 heavy (non-hydrogen) atoms. The standard InChI is InChI=1S/C13H13BrN2O2/c14-10-3-1-2-8-6-11(18-12(8)10)13(17)16-9-4-5-15-7-9/h1-3,6,9,15H,4-5,7H2,(H,16,17)/t9-/m1/s1. The van der Waals surface area contributed by atoms with Crippen LogP contribution < -0.4 is 10.6 Å². The fourth-order valence-electron chi connectivity index (χ4n) is 2.17. The molecule has 1 aliphatic heterocycles. The van der Waals surface area contributed by atoms with Gasteiger partial charge in [0.2, 0.25) is 0 Å². The number of hydrogen-bond acceptors (Lipinski definition) is 3. The quantitative estimate of drug-likeness (QED) is 0.895. The Bertz CT molecular complexity index is 588. The van der Waals surface area contributed by atoms with Crippen molar-refractivity contribution >= 4 is 32.8 Å². The molecule has 1 saturated heterocycles. The summed E-state index contributed by atoms with van der Waals surface area (Å²) in [5.41, 5.74) is 0.715. The lowest BCUT2D eigenvalue weighted by Gasteiger charge is -2.08. The first-order valence-electron chi connectivity index (χ1n) is 5.94. The van der Waals surface area contributed by atoms with Gasteiger partial charge in [-0.2, -0.15) is 0 Å². The Hall–Kier alpha value is -1.33. The molecule has 0 bridgehead atoms. The van der Waals surface area contributed by atoms with Crippen molar-refractivity contribution in [1.29, 1.82) is 0 Å². The predicted molar refractivity (Wildman–Crippen MR) is 72.7 cm³/mol. The summed E-state index contributed by atoms with van der Waals surface area (Å²) in [4.78, 5) is 12.0. The molecule has 1 amide bonds. The summed E-state index contributed by atoms with van der Waals surface area (Å²) in [6, 6.07) is 7.72. The predicted octanol–water partition coefficient (Wildman–Crippen LogP) is 2.29. The van der Waals surface area contributed by atoms with E-state index in [0.717, 1.165) is 29.4 Å². The number of halogens is 1. The lowest BCUT2D eigenvalue weighted by atomic mass is 10.2. The van der Waals surface area contributed by atoms with E-state index in [2.05, 4.69) is 26.6 Å². The van der Waals surface area contributed by atoms with Gasteiger partial charge in [-0.3, -0.25) is 4.79 Å². The van der Waals surface area contributed by atoms with Crippen LogP contribution in [-0.2, 0) is 0 Å². The van der Waals surface area contributed by atoms with Crippen LogP contribution in [0.3, 0.4) is 0 Å². The maximum Gasteiger partial charge on any atom is 0.287 e. The normalized spacial score (nSPS) is 19.3. The Morgan fingerprint density at radius 1 is 1.50 bits per heavy atom. The third kappa shape index (κ3) is 2.15. The average Bonchev–Trinajstić information content (AvgIpc) is 2.97. The summed E-state index contributed by atoms with van der Waals surface area (Å²) >= 11 is 3.41. The molecule has 1 aromatic heterocycles. The number of hydrogen-bond donors (Lipinski definition) is 2. The highest BCUT2D eigenvalue weighted by molar-refractivity contribution is 9.10. The van der Waals surface area contributed by atoms with E-state index in [4.69, 9.17) is 4.42 Å². The van der Waals surface area contributed by atoms with Crippen LogP contribution in [-0.4, -0.2) is 25.0 Å². The van der Waals surface area contributed by atoms with Gasteiger partial charge in [-0.25, -0.2) is 0 Å². The van der Waals surface area contributed by atoms with Crippen molar-refractivity contribution in [3.05, 3.63) is 34.5 Å². The zero-order chi connectivity index (χ0) is 12.5. The van der Waals surface area contributed by atoms with Crippen LogP contribution in [0.25, 0.3) is 11.0 Å². The highest BCUT2D eigenvalue weighted by Gasteiger charge is 2.20. The molecule has 2 aromatic rings. The number of rotatable bonds is 2. The number of para-hydroxylation sites is 1. The SMILES string of the molecule is O=C(N[C@@H]1CCNC1)c1cc2cccc(Br)c2o1. The minimum absolute atomic E-state index is 0.146. The lowest BCUT2D eigenvalue weighted by molar-refractivity contribution is 0.0914. The first kappa shape index (κ1) is 11.7. The zero-order valence-corrected chi connectivity index (χ0v) is 11.3. The summed E-state index contributed by atoms with van der Waals surface area (Å²) in [5.74, 6) is 0.218. The van der Waals surface area contributed by atoms with Crippen LogP contribution >= 0.6 is 15.9 Å². The molecule has 2 heterocycles. The Balaban J connectivity index is 1.85. The van der Waals surface area contributed by atoms with Gasteiger partial charge >= 0.3 is 0 Å². The molecular formula is C13H13BrN2O2. The van der Waals surface area contributed by atoms with Gasteiger partial charge in [-0.15, -0.1) is 0 Å². The van der Waals surface area contributed by atoms with Crippen LogP contribution in [0.1, 0.15) is 17.0 Å². The number of amides is 1. The number of carbonyl (C=O) groups excluding carboxylic acids is 1. The molecule has 0 spiro atoms. The van der Waals surface area contributed by atoms with Crippen LogP contribution in [0.5, 0.6) is 0 Å². The first-order chi connectivity index (χ1) is 8.74. The molecular weight excluding hydrogens is 296 g/mol. The van der Waals surface area contributed by atoms with Crippen LogP contribution in [0.15, 0.2) is 33.2 Å². The first-order valence-corrected chi connectivity index (χ1v) is 6.73. The van der Waals surface area contributed by atoms with Crippen molar-refractivity contribution < 1.29 is 9.21 Å². The molecule has 0 unspecified atom stereocenters. The molecule has 94 valence electrons. The topological polar surface area (TPSA) is 54.3 Å². The Morgan fingerprint density at radius 3 is 3.11 bits per heavy atom. The molecule has 3 rings (SSSR count). The van der Waals surface area contributed by atoms with E-state index in [1.165, 1.54) is 0 Å². The number of furan rings is 1. The molecule has 5 heteroatoms. The van der Waals surface area contributed by atoms with E-state index in [1.807, 2.05) is 18.2 Å². The van der Waals surface area contributed by atoms with Gasteiger partial charge < -0.3 is 15.1 Å². The van der Waals surface area contributed by atoms with Gasteiger partial charge in [-0.1, -0.05) is 12.1 Å². The second kappa shape index (κ2) is 4.74. The van der Waals surface area contributed by atoms with E-state index < -0.39 is 0 Å². The van der Waals surface area contributed by atoms with Crippen molar-refractivity contribution in [2.75, 3.05) is 13.1 Å². The van der Waals surface area contributed by atoms with Crippen LogP contribution in [0.2, 0.25) is 0 Å². The van der Waals surface area contributed by atoms with Crippen molar-refractivity contribution in [3.63, 3.8) is 0 Å². The van der Waals surface area contributed by atoms with Crippen molar-refractivity contribution in [2.45, 2.75) is 12.5 Å². The summed E-state index contributed by atoms with van der Waals surface area (Å²) in [7, 11) is 0. The highest BCUT2D eigenvalue weighted by atomic mass is 79.9. The van der Waals surface area contributed by atoms with Crippen molar-refractivity contribution in [3.8, 4) is 0 Å². The van der Waals surface area contributed by atoms with Gasteiger partial charge in [-0.05, 0) is 41.0 Å². The maximum atomic E-state index is 12.0. The second-order valence-corrected chi connectivity index (χ2v) is 5.29. The van der Waals surface area contributed by atoms with Crippen LogP contribution in [0, 0.1) is 0 Å². The zero-order valence-electron chi connectivity index (χ0n) is 9.70. The van der Waals surface area contributed by atoms with Gasteiger partial charge in [0, 0.05) is 18.0 Å². The fourth-order valence-corrected chi connectivity index (χ4v) is 2.64. The Morgan fingerprint density at radius 2 is 2.39 bits per heavy atom. The van der Waals surface area contributed by atoms with E-state index in [1.54, 1.807) is 6.07 Å². The molecule has 4 nitrogen and oxygen atoms in total. The Labute approximate surface area is 113 Å². The largest absolute Gasteiger partial charge is 0.450 e. The molecule has 0 radical (unpaired) electrons. The van der Waals surface area contributed by atoms with Gasteiger partial charge in [0.05, 0.1) is 4.47 Å². The van der Waals surface area contributed by atoms with E-state index in [9.17, 15) is 4.79 Å². The fraction of sp³-hybridized carbons (Fsp3) is 0.308. The number of carbonyl (C=O) groups is 1. The number of nitrogens with one attached hydrogen (secondary N) is 2. The molecule has 0 aliphatic carbocycles. The molecule has 1 atom stereocenters. The van der Waals surface area contributed by atoms with Gasteiger partial charge in [0.25, 0.3) is 5.91 Å². The lowest BCUT2D eigenvalue weighted by Crippen LogP contribution is -2.35. The minimum atomic E-state index is -0.146. The molecule has 2 N–H and O–H groups in total. The van der Waals surface area contributed by atoms with Crippen LogP contribution in [0.4, 0.5) is 0 Å². The van der Waals surface area contributed by atoms with E-state index >= 15 is 0 Å². The maximum absolute atomic E-state index is 12.0. The summed E-state index contributed by atoms with van der Waals surface area (Å²) in [6.45, 7) is 1.78. The highest BCUT2D eigenvalue weighted by Crippen LogP contribution is 2.26. The molecule has 0 saturated carbocycles. The van der Waals surface area contributed by atoms with Crippen molar-refractivity contribution in [1.82, 2.24) is 10.6 Å². The third-order valence-corrected chi connectivity index (χ3v) is 3.74. The summed E-state index contributed by atoms with van der Waals surface area (Å²) in [6.07, 6.45) is 0.968. The molecule has 1 aromatic carbocycles. The Kier molecular flexibility index (Phi) is 3.09. The van der Waals surface area contributed by atoms with Gasteiger partial charge in [0.1, 0.15) is 5.58 Å². The smallest absolute Gasteiger partial charge is 0.287 e. The number of benzene rings is 1. The second-order valence-electron chi connectivity index (χ2n) is 4.43. The van der Waals surface area contributed by atoms with E-state index in [0.29, 0.717) is 11.3 Å². The minimum Gasteiger partial charge on any atom is -0.450 e. The van der Waals surface area contributed by atoms with Gasteiger partial charge in [0.15, 0.2) is 5.76 Å². The third-order valence-electron chi connectivity index (χ3n) is 3.12. The summed E-state index contributed by atoms with van der Waals surface area (Å²) in [5, 5.41) is 7.11. The summed E-state index contributed by atoms with van der Waals surface area (Å²) < 4.78 is 6.45. The monoisotopic (exact) mass is 308 g/mol. The number of fused-ring (bicyclic) bond motifs is 1.